The van der Waals surface area contributed by atoms with E-state index in [1.807, 2.05) is 6.20 Å². The molecular formula is C12H12BrN3. The van der Waals surface area contributed by atoms with Crippen LogP contribution in [0.1, 0.15) is 24.1 Å². The smallest absolute Gasteiger partial charge is 0.197 e. The molecule has 0 saturated heterocycles. The van der Waals surface area contributed by atoms with Crippen LogP contribution in [-0.2, 0) is 5.41 Å². The van der Waals surface area contributed by atoms with Gasteiger partial charge in [0.05, 0.1) is 6.20 Å². The maximum Gasteiger partial charge on any atom is 0.197 e. The van der Waals surface area contributed by atoms with Gasteiger partial charge in [-0.05, 0) is 30.5 Å². The number of aromatic nitrogens is 2. The number of halogens is 1. The second-order valence-electron chi connectivity index (χ2n) is 4.27. The zero-order chi connectivity index (χ0) is 11.2. The molecule has 1 aliphatic carbocycles. The molecule has 0 amide bonds. The predicted molar refractivity (Wildman–Crippen MR) is 67.2 cm³/mol. The summed E-state index contributed by atoms with van der Waals surface area (Å²) in [5.74, 6) is 0.499. The highest BCUT2D eigenvalue weighted by molar-refractivity contribution is 9.10. The first-order chi connectivity index (χ1) is 7.71. The summed E-state index contributed by atoms with van der Waals surface area (Å²) in [7, 11) is 0. The first-order valence-electron chi connectivity index (χ1n) is 5.28. The molecule has 1 heterocycles. The van der Waals surface area contributed by atoms with Crippen LogP contribution in [0.5, 0.6) is 0 Å². The molecule has 0 spiro atoms. The molecule has 4 heteroatoms. The van der Waals surface area contributed by atoms with Crippen LogP contribution in [-0.4, -0.2) is 9.97 Å². The molecule has 3 N–H and O–H groups in total. The SMILES string of the molecule is Nc1ncc(C2(c3ccc(Br)cc3)CC2)[nH]1. The minimum absolute atomic E-state index is 0.130. The molecule has 16 heavy (non-hydrogen) atoms. The Morgan fingerprint density at radius 1 is 1.25 bits per heavy atom. The molecule has 82 valence electrons. The van der Waals surface area contributed by atoms with Crippen molar-refractivity contribution in [2.45, 2.75) is 18.3 Å². The Morgan fingerprint density at radius 2 is 1.94 bits per heavy atom. The molecule has 0 radical (unpaired) electrons. The molecular weight excluding hydrogens is 266 g/mol. The average Bonchev–Trinajstić information content (AvgIpc) is 2.97. The minimum atomic E-state index is 0.130. The largest absolute Gasteiger partial charge is 0.369 e. The first kappa shape index (κ1) is 9.90. The lowest BCUT2D eigenvalue weighted by molar-refractivity contribution is 0.813. The fourth-order valence-corrected chi connectivity index (χ4v) is 2.45. The lowest BCUT2D eigenvalue weighted by Crippen LogP contribution is -2.09. The van der Waals surface area contributed by atoms with E-state index >= 15 is 0 Å². The van der Waals surface area contributed by atoms with E-state index in [1.165, 1.54) is 5.56 Å². The number of aromatic amines is 1. The number of H-pyrrole nitrogens is 1. The average molecular weight is 278 g/mol. The number of nitrogens with one attached hydrogen (secondary N) is 1. The third-order valence-corrected chi connectivity index (χ3v) is 3.79. The second-order valence-corrected chi connectivity index (χ2v) is 5.19. The molecule has 1 saturated carbocycles. The fourth-order valence-electron chi connectivity index (χ4n) is 2.19. The van der Waals surface area contributed by atoms with Gasteiger partial charge in [-0.1, -0.05) is 28.1 Å². The van der Waals surface area contributed by atoms with E-state index in [4.69, 9.17) is 5.73 Å². The highest BCUT2D eigenvalue weighted by Crippen LogP contribution is 2.52. The standard InChI is InChI=1S/C12H12BrN3/c13-9-3-1-8(2-4-9)12(5-6-12)10-7-15-11(14)16-10/h1-4,7H,5-6H2,(H3,14,15,16). The zero-order valence-corrected chi connectivity index (χ0v) is 10.3. The summed E-state index contributed by atoms with van der Waals surface area (Å²) in [6, 6.07) is 8.48. The molecule has 0 aliphatic heterocycles. The normalized spacial score (nSPS) is 17.3. The van der Waals surface area contributed by atoms with E-state index in [0.29, 0.717) is 5.95 Å². The molecule has 1 fully saturated rings. The van der Waals surface area contributed by atoms with Crippen molar-refractivity contribution in [1.82, 2.24) is 9.97 Å². The van der Waals surface area contributed by atoms with Crippen LogP contribution in [0.3, 0.4) is 0 Å². The number of hydrogen-bond acceptors (Lipinski definition) is 2. The first-order valence-corrected chi connectivity index (χ1v) is 6.07. The third kappa shape index (κ3) is 1.45. The summed E-state index contributed by atoms with van der Waals surface area (Å²) in [5.41, 5.74) is 8.23. The summed E-state index contributed by atoms with van der Waals surface area (Å²) in [6.45, 7) is 0. The Balaban J connectivity index is 2.03. The van der Waals surface area contributed by atoms with Crippen molar-refractivity contribution in [3.8, 4) is 0 Å². The van der Waals surface area contributed by atoms with Crippen LogP contribution in [0.4, 0.5) is 5.95 Å². The molecule has 2 aromatic rings. The highest BCUT2D eigenvalue weighted by atomic mass is 79.9. The van der Waals surface area contributed by atoms with Gasteiger partial charge in [0.2, 0.25) is 0 Å². The van der Waals surface area contributed by atoms with Crippen molar-refractivity contribution >= 4 is 21.9 Å². The van der Waals surface area contributed by atoms with E-state index in [0.717, 1.165) is 23.0 Å². The summed E-state index contributed by atoms with van der Waals surface area (Å²) >= 11 is 3.45. The maximum atomic E-state index is 5.63. The molecule has 1 aromatic heterocycles. The number of nitrogen functional groups attached to an aromatic ring is 1. The van der Waals surface area contributed by atoms with Gasteiger partial charge in [0.25, 0.3) is 0 Å². The van der Waals surface area contributed by atoms with Gasteiger partial charge in [-0.15, -0.1) is 0 Å². The van der Waals surface area contributed by atoms with E-state index in [2.05, 4.69) is 50.2 Å². The number of hydrogen-bond donors (Lipinski definition) is 2. The van der Waals surface area contributed by atoms with Crippen molar-refractivity contribution in [2.24, 2.45) is 0 Å². The van der Waals surface area contributed by atoms with Crippen molar-refractivity contribution in [1.29, 1.82) is 0 Å². The predicted octanol–water partition coefficient (Wildman–Crippen LogP) is 2.83. The monoisotopic (exact) mass is 277 g/mol. The topological polar surface area (TPSA) is 54.7 Å². The number of rotatable bonds is 2. The Hall–Kier alpha value is -1.29. The lowest BCUT2D eigenvalue weighted by atomic mass is 9.93. The Labute approximate surface area is 102 Å². The summed E-state index contributed by atoms with van der Waals surface area (Å²) in [6.07, 6.45) is 4.18. The quantitative estimate of drug-likeness (QED) is 0.887. The van der Waals surface area contributed by atoms with Crippen LogP contribution >= 0.6 is 15.9 Å². The van der Waals surface area contributed by atoms with Gasteiger partial charge >= 0.3 is 0 Å². The van der Waals surface area contributed by atoms with Crippen LogP contribution in [0.15, 0.2) is 34.9 Å². The van der Waals surface area contributed by atoms with Crippen molar-refractivity contribution in [3.05, 3.63) is 46.2 Å². The van der Waals surface area contributed by atoms with Gasteiger partial charge in [0.15, 0.2) is 5.95 Å². The molecule has 3 nitrogen and oxygen atoms in total. The minimum Gasteiger partial charge on any atom is -0.369 e. The van der Waals surface area contributed by atoms with Crippen LogP contribution in [0.2, 0.25) is 0 Å². The maximum absolute atomic E-state index is 5.63. The number of anilines is 1. The number of nitrogens with zero attached hydrogens (tertiary/aromatic N) is 1. The molecule has 1 aliphatic rings. The van der Waals surface area contributed by atoms with Gasteiger partial charge in [0, 0.05) is 15.6 Å². The zero-order valence-electron chi connectivity index (χ0n) is 8.70. The highest BCUT2D eigenvalue weighted by Gasteiger charge is 2.47. The van der Waals surface area contributed by atoms with Crippen molar-refractivity contribution in [2.75, 3.05) is 5.73 Å². The van der Waals surface area contributed by atoms with Gasteiger partial charge < -0.3 is 10.7 Å². The summed E-state index contributed by atoms with van der Waals surface area (Å²) in [4.78, 5) is 7.23. The van der Waals surface area contributed by atoms with E-state index in [-0.39, 0.29) is 5.41 Å². The molecule has 1 aromatic carbocycles. The van der Waals surface area contributed by atoms with E-state index in [1.54, 1.807) is 0 Å². The van der Waals surface area contributed by atoms with Crippen LogP contribution in [0, 0.1) is 0 Å². The van der Waals surface area contributed by atoms with Crippen LogP contribution < -0.4 is 5.73 Å². The third-order valence-electron chi connectivity index (χ3n) is 3.26. The Morgan fingerprint density at radius 3 is 2.44 bits per heavy atom. The van der Waals surface area contributed by atoms with Crippen LogP contribution in [0.25, 0.3) is 0 Å². The lowest BCUT2D eigenvalue weighted by Gasteiger charge is -2.13. The number of benzene rings is 1. The number of nitrogens with two attached hydrogens (primary N) is 1. The summed E-state index contributed by atoms with van der Waals surface area (Å²) < 4.78 is 1.11. The van der Waals surface area contributed by atoms with Gasteiger partial charge in [-0.2, -0.15) is 0 Å². The summed E-state index contributed by atoms with van der Waals surface area (Å²) in [5, 5.41) is 0. The molecule has 0 bridgehead atoms. The van der Waals surface area contributed by atoms with Crippen molar-refractivity contribution < 1.29 is 0 Å². The second kappa shape index (κ2) is 3.35. The number of imidazole rings is 1. The molecule has 3 rings (SSSR count). The molecule has 0 atom stereocenters. The van der Waals surface area contributed by atoms with E-state index in [9.17, 15) is 0 Å². The Bertz CT molecular complexity index is 511. The van der Waals surface area contributed by atoms with E-state index < -0.39 is 0 Å². The molecule has 0 unspecified atom stereocenters. The van der Waals surface area contributed by atoms with Gasteiger partial charge in [-0.3, -0.25) is 0 Å². The Kier molecular flexibility index (Phi) is 2.07. The van der Waals surface area contributed by atoms with Gasteiger partial charge in [-0.25, -0.2) is 4.98 Å². The van der Waals surface area contributed by atoms with Gasteiger partial charge in [0.1, 0.15) is 0 Å². The fraction of sp³-hybridized carbons (Fsp3) is 0.250. The van der Waals surface area contributed by atoms with Crippen molar-refractivity contribution in [3.63, 3.8) is 0 Å².